The van der Waals surface area contributed by atoms with Gasteiger partial charge in [-0.25, -0.2) is 4.79 Å². The molecule has 0 aromatic heterocycles. The summed E-state index contributed by atoms with van der Waals surface area (Å²) in [7, 11) is 0. The van der Waals surface area contributed by atoms with Crippen LogP contribution in [0.2, 0.25) is 0 Å². The van der Waals surface area contributed by atoms with Crippen LogP contribution in [0.4, 0.5) is 0 Å². The zero-order chi connectivity index (χ0) is 11.9. The van der Waals surface area contributed by atoms with E-state index in [1.807, 2.05) is 27.7 Å². The Balaban J connectivity index is 2.91. The summed E-state index contributed by atoms with van der Waals surface area (Å²) in [5, 5.41) is 0. The van der Waals surface area contributed by atoms with Crippen LogP contribution in [-0.4, -0.2) is 15.5 Å². The molecular weight excluding hydrogens is 328 g/mol. The van der Waals surface area contributed by atoms with Crippen LogP contribution in [0.5, 0.6) is 0 Å². The molecule has 0 saturated carbocycles. The van der Waals surface area contributed by atoms with Crippen molar-refractivity contribution in [1.82, 2.24) is 0 Å². The van der Waals surface area contributed by atoms with Gasteiger partial charge < -0.3 is 9.47 Å². The highest BCUT2D eigenvalue weighted by Crippen LogP contribution is 2.39. The zero-order valence-corrected chi connectivity index (χ0v) is 12.3. The van der Waals surface area contributed by atoms with Gasteiger partial charge in [0.05, 0.1) is 6.08 Å². The summed E-state index contributed by atoms with van der Waals surface area (Å²) in [5.41, 5.74) is -0.250. The number of allylic oxidation sites excluding steroid dienone is 1. The lowest BCUT2D eigenvalue weighted by atomic mass is 9.95. The normalized spacial score (nSPS) is 22.9. The van der Waals surface area contributed by atoms with Crippen molar-refractivity contribution in [3.05, 3.63) is 11.8 Å². The van der Waals surface area contributed by atoms with Crippen LogP contribution < -0.4 is 0 Å². The van der Waals surface area contributed by atoms with Gasteiger partial charge in [0.25, 0.3) is 0 Å². The third kappa shape index (κ3) is 3.48. The first-order valence-electron chi connectivity index (χ1n) is 4.58. The molecule has 0 bridgehead atoms. The molecule has 1 atom stereocenters. The lowest BCUT2D eigenvalue weighted by Crippen LogP contribution is -2.38. The first kappa shape index (κ1) is 13.0. The minimum absolute atomic E-state index is 0.250. The fourth-order valence-electron chi connectivity index (χ4n) is 1.00. The maximum Gasteiger partial charge on any atom is 0.337 e. The van der Waals surface area contributed by atoms with Gasteiger partial charge in [-0.1, -0.05) is 52.6 Å². The molecular formula is C10H14Br2O3. The third-order valence-corrected chi connectivity index (χ3v) is 2.63. The number of esters is 1. The van der Waals surface area contributed by atoms with Crippen LogP contribution in [0.25, 0.3) is 0 Å². The van der Waals surface area contributed by atoms with Crippen LogP contribution in [0.3, 0.4) is 0 Å². The number of cyclic esters (lactones) is 1. The minimum Gasteiger partial charge on any atom is -0.456 e. The fourth-order valence-corrected chi connectivity index (χ4v) is 1.42. The van der Waals surface area contributed by atoms with Crippen molar-refractivity contribution in [3.63, 3.8) is 0 Å². The quantitative estimate of drug-likeness (QED) is 0.542. The second-order valence-electron chi connectivity index (χ2n) is 4.65. The topological polar surface area (TPSA) is 35.5 Å². The van der Waals surface area contributed by atoms with E-state index in [9.17, 15) is 4.79 Å². The number of ether oxygens (including phenoxy) is 2. The maximum atomic E-state index is 11.4. The molecule has 0 aromatic carbocycles. The highest BCUT2D eigenvalue weighted by Gasteiger charge is 2.38. The van der Waals surface area contributed by atoms with Crippen molar-refractivity contribution in [2.24, 2.45) is 5.41 Å². The van der Waals surface area contributed by atoms with Crippen molar-refractivity contribution in [3.8, 4) is 0 Å². The standard InChI is InChI=1S/C10H14Br2O3/c1-9(2,3)8-14-6(10(4,11)12)5-7(13)15-8/h5,8H,1-4H3. The number of rotatable bonds is 1. The molecule has 86 valence electrons. The van der Waals surface area contributed by atoms with Gasteiger partial charge in [0.1, 0.15) is 8.99 Å². The van der Waals surface area contributed by atoms with Crippen molar-refractivity contribution in [2.75, 3.05) is 0 Å². The Bertz CT molecular complexity index is 297. The van der Waals surface area contributed by atoms with Gasteiger partial charge >= 0.3 is 5.97 Å². The molecule has 0 spiro atoms. The van der Waals surface area contributed by atoms with Crippen molar-refractivity contribution in [1.29, 1.82) is 0 Å². The zero-order valence-electron chi connectivity index (χ0n) is 9.14. The van der Waals surface area contributed by atoms with Crippen molar-refractivity contribution < 1.29 is 14.3 Å². The van der Waals surface area contributed by atoms with E-state index in [1.165, 1.54) is 6.08 Å². The van der Waals surface area contributed by atoms with Crippen LogP contribution in [-0.2, 0) is 14.3 Å². The molecule has 0 N–H and O–H groups in total. The Morgan fingerprint density at radius 3 is 2.13 bits per heavy atom. The van der Waals surface area contributed by atoms with Crippen LogP contribution in [0.1, 0.15) is 27.7 Å². The molecule has 0 amide bonds. The van der Waals surface area contributed by atoms with E-state index in [0.29, 0.717) is 5.76 Å². The average Bonchev–Trinajstić information content (AvgIpc) is 1.99. The largest absolute Gasteiger partial charge is 0.456 e. The summed E-state index contributed by atoms with van der Waals surface area (Å²) < 4.78 is 10.2. The lowest BCUT2D eigenvalue weighted by Gasteiger charge is -2.35. The molecule has 15 heavy (non-hydrogen) atoms. The SMILES string of the molecule is CC(Br)(Br)C1=CC(=O)OC(C(C)(C)C)O1. The minimum atomic E-state index is -0.556. The van der Waals surface area contributed by atoms with E-state index in [2.05, 4.69) is 31.9 Å². The fraction of sp³-hybridized carbons (Fsp3) is 0.700. The summed E-state index contributed by atoms with van der Waals surface area (Å²) in [5.74, 6) is 0.153. The van der Waals surface area contributed by atoms with Gasteiger partial charge in [-0.15, -0.1) is 0 Å². The van der Waals surface area contributed by atoms with E-state index in [4.69, 9.17) is 9.47 Å². The van der Waals surface area contributed by atoms with E-state index >= 15 is 0 Å². The monoisotopic (exact) mass is 340 g/mol. The van der Waals surface area contributed by atoms with Crippen molar-refractivity contribution >= 4 is 37.8 Å². The summed E-state index contributed by atoms with van der Waals surface area (Å²) in [6, 6.07) is 0. The van der Waals surface area contributed by atoms with Gasteiger partial charge in [0.2, 0.25) is 6.29 Å². The second-order valence-corrected chi connectivity index (χ2v) is 8.89. The number of hydrogen-bond donors (Lipinski definition) is 0. The van der Waals surface area contributed by atoms with E-state index < -0.39 is 9.52 Å². The number of alkyl halides is 2. The molecule has 1 aliphatic rings. The van der Waals surface area contributed by atoms with Crippen LogP contribution >= 0.6 is 31.9 Å². The van der Waals surface area contributed by atoms with E-state index in [-0.39, 0.29) is 11.4 Å². The number of hydrogen-bond acceptors (Lipinski definition) is 3. The Morgan fingerprint density at radius 1 is 1.20 bits per heavy atom. The Morgan fingerprint density at radius 2 is 1.73 bits per heavy atom. The molecule has 1 aliphatic heterocycles. The molecule has 1 unspecified atom stereocenters. The highest BCUT2D eigenvalue weighted by molar-refractivity contribution is 9.25. The van der Waals surface area contributed by atoms with Gasteiger partial charge in [-0.2, -0.15) is 0 Å². The van der Waals surface area contributed by atoms with Crippen LogP contribution in [0, 0.1) is 5.41 Å². The molecule has 0 fully saturated rings. The number of halogens is 2. The number of carbonyl (C=O) groups excluding carboxylic acids is 1. The molecule has 1 rings (SSSR count). The van der Waals surface area contributed by atoms with Gasteiger partial charge in [-0.3, -0.25) is 0 Å². The maximum absolute atomic E-state index is 11.4. The van der Waals surface area contributed by atoms with Crippen molar-refractivity contribution in [2.45, 2.75) is 37.2 Å². The molecule has 1 heterocycles. The molecule has 0 radical (unpaired) electrons. The van der Waals surface area contributed by atoms with Gasteiger partial charge in [0, 0.05) is 5.41 Å². The third-order valence-electron chi connectivity index (χ3n) is 1.85. The first-order valence-corrected chi connectivity index (χ1v) is 6.16. The summed E-state index contributed by atoms with van der Waals surface area (Å²) in [6.07, 6.45) is 0.783. The van der Waals surface area contributed by atoms with Gasteiger partial charge in [-0.05, 0) is 6.92 Å². The van der Waals surface area contributed by atoms with Gasteiger partial charge in [0.15, 0.2) is 0 Å². The molecule has 0 aromatic rings. The first-order chi connectivity index (χ1) is 6.60. The second kappa shape index (κ2) is 4.09. The van der Waals surface area contributed by atoms with E-state index in [1.54, 1.807) is 0 Å². The number of carbonyl (C=O) groups is 1. The predicted octanol–water partition coefficient (Wildman–Crippen LogP) is 3.32. The molecule has 0 aliphatic carbocycles. The highest BCUT2D eigenvalue weighted by atomic mass is 79.9. The Hall–Kier alpha value is -0.0300. The summed E-state index contributed by atoms with van der Waals surface area (Å²) >= 11 is 6.75. The summed E-state index contributed by atoms with van der Waals surface area (Å²) in [6.45, 7) is 7.70. The molecule has 0 saturated heterocycles. The molecule has 3 nitrogen and oxygen atoms in total. The Kier molecular flexibility index (Phi) is 3.55. The lowest BCUT2D eigenvalue weighted by molar-refractivity contribution is -0.195. The summed E-state index contributed by atoms with van der Waals surface area (Å²) in [4.78, 5) is 11.4. The van der Waals surface area contributed by atoms with E-state index in [0.717, 1.165) is 0 Å². The Labute approximate surface area is 106 Å². The molecule has 5 heteroatoms. The predicted molar refractivity (Wildman–Crippen MR) is 64.8 cm³/mol. The smallest absolute Gasteiger partial charge is 0.337 e. The average molecular weight is 342 g/mol. The van der Waals surface area contributed by atoms with Crippen LogP contribution in [0.15, 0.2) is 11.8 Å².